The van der Waals surface area contributed by atoms with Crippen LogP contribution in [-0.4, -0.2) is 34.0 Å². The number of benzene rings is 1. The molecule has 6 heteroatoms. The van der Waals surface area contributed by atoms with Crippen LogP contribution in [0.5, 0.6) is 0 Å². The van der Waals surface area contributed by atoms with Gasteiger partial charge >= 0.3 is 0 Å². The van der Waals surface area contributed by atoms with Crippen molar-refractivity contribution in [3.8, 4) is 0 Å². The zero-order valence-electron chi connectivity index (χ0n) is 11.4. The van der Waals surface area contributed by atoms with Crippen molar-refractivity contribution in [2.45, 2.75) is 6.54 Å². The number of nitrogens with two attached hydrogens (primary N) is 1. The van der Waals surface area contributed by atoms with Crippen molar-refractivity contribution in [3.63, 3.8) is 0 Å². The highest BCUT2D eigenvalue weighted by Crippen LogP contribution is 2.18. The highest BCUT2D eigenvalue weighted by molar-refractivity contribution is 6.33. The number of aromatic nitrogens is 1. The number of nitrogen functional groups attached to an aromatic ring is 1. The number of rotatable bonds is 5. The van der Waals surface area contributed by atoms with Crippen LogP contribution in [-0.2, 0) is 6.54 Å². The predicted molar refractivity (Wildman–Crippen MR) is 81.9 cm³/mol. The summed E-state index contributed by atoms with van der Waals surface area (Å²) in [6.07, 6.45) is 1.39. The minimum atomic E-state index is -0.248. The maximum absolute atomic E-state index is 12.5. The lowest BCUT2D eigenvalue weighted by Crippen LogP contribution is -2.33. The smallest absolute Gasteiger partial charge is 0.255 e. The standard InChI is InChI=1S/C15H16ClN3O2/c16-13-8-12(9-18-14(13)17)15(21)19(6-7-20)10-11-4-2-1-3-5-11/h1-5,8-9,20H,6-7,10H2,(H2,17,18). The number of hydrogen-bond acceptors (Lipinski definition) is 4. The number of aliphatic hydroxyl groups is 1. The Morgan fingerprint density at radius 3 is 2.67 bits per heavy atom. The van der Waals surface area contributed by atoms with Crippen LogP contribution in [0.2, 0.25) is 5.02 Å². The monoisotopic (exact) mass is 305 g/mol. The maximum atomic E-state index is 12.5. The summed E-state index contributed by atoms with van der Waals surface area (Å²) in [6.45, 7) is 0.520. The lowest BCUT2D eigenvalue weighted by Gasteiger charge is -2.22. The van der Waals surface area contributed by atoms with Crippen LogP contribution < -0.4 is 5.73 Å². The largest absolute Gasteiger partial charge is 0.395 e. The zero-order chi connectivity index (χ0) is 15.2. The summed E-state index contributed by atoms with van der Waals surface area (Å²) >= 11 is 5.89. The summed E-state index contributed by atoms with van der Waals surface area (Å²) in [5.41, 5.74) is 6.87. The zero-order valence-corrected chi connectivity index (χ0v) is 12.1. The first-order valence-electron chi connectivity index (χ1n) is 6.47. The number of carbonyl (C=O) groups excluding carboxylic acids is 1. The van der Waals surface area contributed by atoms with Gasteiger partial charge in [-0.05, 0) is 11.6 Å². The molecule has 110 valence electrons. The molecule has 1 amide bonds. The number of nitrogens with zero attached hydrogens (tertiary/aromatic N) is 2. The second-order valence-corrected chi connectivity index (χ2v) is 4.93. The highest BCUT2D eigenvalue weighted by Gasteiger charge is 2.17. The second-order valence-electron chi connectivity index (χ2n) is 4.53. The molecule has 0 unspecified atom stereocenters. The van der Waals surface area contributed by atoms with Crippen molar-refractivity contribution < 1.29 is 9.90 Å². The van der Waals surface area contributed by atoms with E-state index in [9.17, 15) is 4.79 Å². The van der Waals surface area contributed by atoms with Gasteiger partial charge in [0.25, 0.3) is 5.91 Å². The Hall–Kier alpha value is -2.11. The molecule has 0 saturated heterocycles. The molecule has 2 aromatic rings. The summed E-state index contributed by atoms with van der Waals surface area (Å²) in [4.78, 5) is 17.9. The van der Waals surface area contributed by atoms with Crippen LogP contribution in [0.3, 0.4) is 0 Å². The number of aliphatic hydroxyl groups excluding tert-OH is 1. The molecule has 0 bridgehead atoms. The Balaban J connectivity index is 2.20. The lowest BCUT2D eigenvalue weighted by molar-refractivity contribution is 0.0707. The first kappa shape index (κ1) is 15.3. The van der Waals surface area contributed by atoms with Crippen molar-refractivity contribution in [3.05, 3.63) is 58.7 Å². The van der Waals surface area contributed by atoms with Crippen LogP contribution >= 0.6 is 11.6 Å². The molecule has 3 N–H and O–H groups in total. The summed E-state index contributed by atoms with van der Waals surface area (Å²) < 4.78 is 0. The Bertz CT molecular complexity index is 620. The Morgan fingerprint density at radius 1 is 1.33 bits per heavy atom. The minimum Gasteiger partial charge on any atom is -0.395 e. The lowest BCUT2D eigenvalue weighted by atomic mass is 10.2. The average molecular weight is 306 g/mol. The Labute approximate surface area is 128 Å². The first-order chi connectivity index (χ1) is 10.1. The normalized spacial score (nSPS) is 10.4. The van der Waals surface area contributed by atoms with Gasteiger partial charge in [0.1, 0.15) is 5.82 Å². The number of anilines is 1. The number of hydrogen-bond donors (Lipinski definition) is 2. The van der Waals surface area contributed by atoms with Gasteiger partial charge in [-0.3, -0.25) is 4.79 Å². The molecule has 0 radical (unpaired) electrons. The van der Waals surface area contributed by atoms with E-state index in [-0.39, 0.29) is 29.9 Å². The van der Waals surface area contributed by atoms with Crippen LogP contribution in [0, 0.1) is 0 Å². The molecule has 5 nitrogen and oxygen atoms in total. The third-order valence-corrected chi connectivity index (χ3v) is 3.29. The molecular formula is C15H16ClN3O2. The van der Waals surface area contributed by atoms with Gasteiger partial charge < -0.3 is 15.7 Å². The number of amides is 1. The fraction of sp³-hybridized carbons (Fsp3) is 0.200. The average Bonchev–Trinajstić information content (AvgIpc) is 2.50. The summed E-state index contributed by atoms with van der Waals surface area (Å²) in [5.74, 6) is -0.0627. The van der Waals surface area contributed by atoms with E-state index in [0.717, 1.165) is 5.56 Å². The van der Waals surface area contributed by atoms with Gasteiger partial charge in [-0.2, -0.15) is 0 Å². The van der Waals surface area contributed by atoms with Crippen LogP contribution in [0.4, 0.5) is 5.82 Å². The Kier molecular flexibility index (Phi) is 5.14. The fourth-order valence-corrected chi connectivity index (χ4v) is 2.09. The van der Waals surface area contributed by atoms with Gasteiger partial charge in [-0.1, -0.05) is 41.9 Å². The molecule has 1 aromatic heterocycles. The van der Waals surface area contributed by atoms with Crippen molar-refractivity contribution in [2.24, 2.45) is 0 Å². The van der Waals surface area contributed by atoms with Crippen LogP contribution in [0.1, 0.15) is 15.9 Å². The molecule has 1 aromatic carbocycles. The number of carbonyl (C=O) groups is 1. The molecule has 0 aliphatic carbocycles. The van der Waals surface area contributed by atoms with Crippen molar-refractivity contribution in [1.82, 2.24) is 9.88 Å². The molecule has 0 aliphatic heterocycles. The molecule has 0 atom stereocenters. The van der Waals surface area contributed by atoms with Crippen molar-refractivity contribution in [2.75, 3.05) is 18.9 Å². The van der Waals surface area contributed by atoms with Gasteiger partial charge in [0, 0.05) is 19.3 Å². The van der Waals surface area contributed by atoms with Crippen LogP contribution in [0.25, 0.3) is 0 Å². The SMILES string of the molecule is Nc1ncc(C(=O)N(CCO)Cc2ccccc2)cc1Cl. The molecular weight excluding hydrogens is 290 g/mol. The second kappa shape index (κ2) is 7.06. The molecule has 1 heterocycles. The maximum Gasteiger partial charge on any atom is 0.255 e. The van der Waals surface area contributed by atoms with E-state index in [4.69, 9.17) is 22.4 Å². The van der Waals surface area contributed by atoms with Crippen molar-refractivity contribution >= 4 is 23.3 Å². The summed E-state index contributed by atoms with van der Waals surface area (Å²) in [6, 6.07) is 11.0. The van der Waals surface area contributed by atoms with Crippen LogP contribution in [0.15, 0.2) is 42.6 Å². The van der Waals surface area contributed by atoms with E-state index in [1.165, 1.54) is 12.3 Å². The fourth-order valence-electron chi connectivity index (χ4n) is 1.92. The third-order valence-electron chi connectivity index (χ3n) is 2.99. The van der Waals surface area contributed by atoms with E-state index in [1.54, 1.807) is 4.90 Å². The molecule has 21 heavy (non-hydrogen) atoms. The van der Waals surface area contributed by atoms with E-state index >= 15 is 0 Å². The van der Waals surface area contributed by atoms with E-state index in [2.05, 4.69) is 4.98 Å². The van der Waals surface area contributed by atoms with Gasteiger partial charge in [-0.15, -0.1) is 0 Å². The molecule has 0 saturated carbocycles. The molecule has 0 aliphatic rings. The first-order valence-corrected chi connectivity index (χ1v) is 6.84. The van der Waals surface area contributed by atoms with Gasteiger partial charge in [-0.25, -0.2) is 4.98 Å². The number of pyridine rings is 1. The van der Waals surface area contributed by atoms with E-state index in [0.29, 0.717) is 12.1 Å². The topological polar surface area (TPSA) is 79.5 Å². The third kappa shape index (κ3) is 3.93. The summed E-state index contributed by atoms with van der Waals surface area (Å²) in [5, 5.41) is 9.39. The number of halogens is 1. The van der Waals surface area contributed by atoms with Gasteiger partial charge in [0.05, 0.1) is 17.2 Å². The molecule has 0 spiro atoms. The summed E-state index contributed by atoms with van der Waals surface area (Å²) in [7, 11) is 0. The molecule has 0 fully saturated rings. The Morgan fingerprint density at radius 2 is 2.05 bits per heavy atom. The highest BCUT2D eigenvalue weighted by atomic mass is 35.5. The van der Waals surface area contributed by atoms with E-state index < -0.39 is 0 Å². The van der Waals surface area contributed by atoms with Gasteiger partial charge in [0.15, 0.2) is 0 Å². The van der Waals surface area contributed by atoms with Gasteiger partial charge in [0.2, 0.25) is 0 Å². The quantitative estimate of drug-likeness (QED) is 0.885. The van der Waals surface area contributed by atoms with E-state index in [1.807, 2.05) is 30.3 Å². The predicted octanol–water partition coefficient (Wildman–Crippen LogP) is 1.95. The molecule has 2 rings (SSSR count). The van der Waals surface area contributed by atoms with Crippen molar-refractivity contribution in [1.29, 1.82) is 0 Å². The minimum absolute atomic E-state index is 0.116.